The Bertz CT molecular complexity index is 441. The monoisotopic (exact) mass is 288 g/mol. The van der Waals surface area contributed by atoms with Gasteiger partial charge in [-0.2, -0.15) is 0 Å². The van der Waals surface area contributed by atoms with E-state index in [2.05, 4.69) is 15.9 Å². The van der Waals surface area contributed by atoms with Crippen LogP contribution in [0.3, 0.4) is 0 Å². The van der Waals surface area contributed by atoms with E-state index < -0.39 is 11.9 Å². The van der Waals surface area contributed by atoms with Crippen molar-refractivity contribution in [2.24, 2.45) is 0 Å². The highest BCUT2D eigenvalue weighted by Gasteiger charge is 2.16. The van der Waals surface area contributed by atoms with E-state index in [1.807, 2.05) is 0 Å². The minimum Gasteiger partial charge on any atom is -0.496 e. The molecule has 0 fully saturated rings. The summed E-state index contributed by atoms with van der Waals surface area (Å²) in [4.78, 5) is 21.5. The molecule has 0 bridgehead atoms. The molecule has 0 atom stereocenters. The zero-order valence-corrected chi connectivity index (χ0v) is 9.94. The summed E-state index contributed by atoms with van der Waals surface area (Å²) in [6.45, 7) is 0. The van der Waals surface area contributed by atoms with Crippen LogP contribution in [-0.4, -0.2) is 29.3 Å². The summed E-state index contributed by atoms with van der Waals surface area (Å²) in [6, 6.07) is 2.74. The number of aliphatic carboxylic acids is 1. The van der Waals surface area contributed by atoms with Crippen LogP contribution in [0.1, 0.15) is 15.9 Å². The van der Waals surface area contributed by atoms with E-state index in [4.69, 9.17) is 14.9 Å². The number of rotatable bonds is 4. The van der Waals surface area contributed by atoms with Gasteiger partial charge in [0.1, 0.15) is 5.75 Å². The minimum atomic E-state index is -1.18. The quantitative estimate of drug-likeness (QED) is 0.882. The average Bonchev–Trinajstić information content (AvgIpc) is 2.16. The maximum absolute atomic E-state index is 10.9. The molecule has 0 saturated heterocycles. The van der Waals surface area contributed by atoms with Crippen molar-refractivity contribution in [1.29, 1.82) is 0 Å². The lowest BCUT2D eigenvalue weighted by atomic mass is 10.0. The molecule has 0 aromatic heterocycles. The molecule has 2 N–H and O–H groups in total. The normalized spacial score (nSPS) is 9.88. The van der Waals surface area contributed by atoms with Crippen molar-refractivity contribution < 1.29 is 24.5 Å². The summed E-state index contributed by atoms with van der Waals surface area (Å²) < 4.78 is 5.46. The molecule has 0 heterocycles. The van der Waals surface area contributed by atoms with Gasteiger partial charge < -0.3 is 14.9 Å². The Morgan fingerprint density at radius 2 is 2.00 bits per heavy atom. The van der Waals surface area contributed by atoms with Crippen molar-refractivity contribution in [2.45, 2.75) is 6.42 Å². The molecular weight excluding hydrogens is 280 g/mol. The van der Waals surface area contributed by atoms with E-state index in [1.54, 1.807) is 0 Å². The number of halogens is 1. The number of aromatic carboxylic acids is 1. The van der Waals surface area contributed by atoms with Gasteiger partial charge in [-0.05, 0) is 33.6 Å². The standard InChI is InChI=1S/C10H9BrO5/c1-16-8-4-6(10(14)15)5(2-7(8)11)3-9(12)13/h2,4H,3H2,1H3,(H,12,13)(H,14,15). The number of methoxy groups -OCH3 is 1. The molecule has 1 aromatic rings. The van der Waals surface area contributed by atoms with Gasteiger partial charge in [-0.3, -0.25) is 4.79 Å². The minimum absolute atomic E-state index is 0.0672. The Morgan fingerprint density at radius 3 is 2.44 bits per heavy atom. The number of hydrogen-bond donors (Lipinski definition) is 2. The summed E-state index contributed by atoms with van der Waals surface area (Å²) in [5.74, 6) is -1.91. The van der Waals surface area contributed by atoms with Crippen LogP contribution < -0.4 is 4.74 Å². The second-order valence-electron chi connectivity index (χ2n) is 3.02. The summed E-state index contributed by atoms with van der Waals surface area (Å²) >= 11 is 3.17. The Balaban J connectivity index is 3.30. The van der Waals surface area contributed by atoms with E-state index in [9.17, 15) is 9.59 Å². The fourth-order valence-corrected chi connectivity index (χ4v) is 1.81. The lowest BCUT2D eigenvalue weighted by Crippen LogP contribution is -2.08. The third kappa shape index (κ3) is 2.73. The lowest BCUT2D eigenvalue weighted by Gasteiger charge is -2.08. The number of hydrogen-bond acceptors (Lipinski definition) is 3. The molecule has 0 saturated carbocycles. The van der Waals surface area contributed by atoms with Crippen LogP contribution in [0.5, 0.6) is 5.75 Å². The molecule has 16 heavy (non-hydrogen) atoms. The lowest BCUT2D eigenvalue weighted by molar-refractivity contribution is -0.136. The predicted octanol–water partition coefficient (Wildman–Crippen LogP) is 1.78. The van der Waals surface area contributed by atoms with Crippen molar-refractivity contribution in [3.8, 4) is 5.75 Å². The van der Waals surface area contributed by atoms with Gasteiger partial charge in [0.25, 0.3) is 0 Å². The van der Waals surface area contributed by atoms with Crippen LogP contribution in [0, 0.1) is 0 Å². The topological polar surface area (TPSA) is 83.8 Å². The summed E-state index contributed by atoms with van der Waals surface area (Å²) in [5.41, 5.74) is 0.162. The molecule has 86 valence electrons. The smallest absolute Gasteiger partial charge is 0.336 e. The Labute approximate surface area is 99.8 Å². The molecule has 0 amide bonds. The van der Waals surface area contributed by atoms with Crippen molar-refractivity contribution in [1.82, 2.24) is 0 Å². The Hall–Kier alpha value is -1.56. The molecule has 0 aliphatic rings. The maximum Gasteiger partial charge on any atom is 0.336 e. The number of carbonyl (C=O) groups is 2. The molecule has 6 heteroatoms. The predicted molar refractivity (Wildman–Crippen MR) is 59.0 cm³/mol. The Kier molecular flexibility index (Phi) is 3.89. The molecule has 1 rings (SSSR count). The SMILES string of the molecule is COc1cc(C(=O)O)c(CC(=O)O)cc1Br. The van der Waals surface area contributed by atoms with Gasteiger partial charge in [0.2, 0.25) is 0 Å². The number of benzene rings is 1. The molecular formula is C10H9BrO5. The third-order valence-electron chi connectivity index (χ3n) is 1.95. The van der Waals surface area contributed by atoms with E-state index >= 15 is 0 Å². The number of ether oxygens (including phenoxy) is 1. The first-order valence-corrected chi connectivity index (χ1v) is 5.06. The zero-order chi connectivity index (χ0) is 12.3. The van der Waals surface area contributed by atoms with Gasteiger partial charge in [0.15, 0.2) is 0 Å². The second kappa shape index (κ2) is 4.98. The first-order valence-electron chi connectivity index (χ1n) is 4.27. The molecule has 0 aliphatic carbocycles. The summed E-state index contributed by atoms with van der Waals surface area (Å²) in [5, 5.41) is 17.6. The van der Waals surface area contributed by atoms with E-state index in [1.165, 1.54) is 19.2 Å². The largest absolute Gasteiger partial charge is 0.496 e. The summed E-state index contributed by atoms with van der Waals surface area (Å²) in [7, 11) is 1.41. The first kappa shape index (κ1) is 12.5. The van der Waals surface area contributed by atoms with Gasteiger partial charge in [-0.1, -0.05) is 0 Å². The van der Waals surface area contributed by atoms with Crippen LogP contribution in [0.15, 0.2) is 16.6 Å². The first-order chi connectivity index (χ1) is 7.45. The van der Waals surface area contributed by atoms with Gasteiger partial charge >= 0.3 is 11.9 Å². The second-order valence-corrected chi connectivity index (χ2v) is 3.87. The molecule has 1 aromatic carbocycles. The zero-order valence-electron chi connectivity index (χ0n) is 8.36. The average molecular weight is 289 g/mol. The van der Waals surface area contributed by atoms with Crippen LogP contribution >= 0.6 is 15.9 Å². The summed E-state index contributed by atoms with van der Waals surface area (Å²) in [6.07, 6.45) is -0.343. The molecule has 0 aliphatic heterocycles. The maximum atomic E-state index is 10.9. The highest BCUT2D eigenvalue weighted by Crippen LogP contribution is 2.29. The van der Waals surface area contributed by atoms with Gasteiger partial charge in [-0.25, -0.2) is 4.79 Å². The number of carboxylic acid groups (broad SMARTS) is 2. The molecule has 5 nitrogen and oxygen atoms in total. The van der Waals surface area contributed by atoms with E-state index in [0.717, 1.165) is 0 Å². The fraction of sp³-hybridized carbons (Fsp3) is 0.200. The highest BCUT2D eigenvalue weighted by molar-refractivity contribution is 9.10. The van der Waals surface area contributed by atoms with Crippen molar-refractivity contribution in [2.75, 3.05) is 7.11 Å². The van der Waals surface area contributed by atoms with Crippen molar-refractivity contribution in [3.63, 3.8) is 0 Å². The van der Waals surface area contributed by atoms with Gasteiger partial charge in [0.05, 0.1) is 23.6 Å². The van der Waals surface area contributed by atoms with Crippen LogP contribution in [-0.2, 0) is 11.2 Å². The molecule has 0 spiro atoms. The molecule has 0 radical (unpaired) electrons. The van der Waals surface area contributed by atoms with Gasteiger partial charge in [0, 0.05) is 0 Å². The van der Waals surface area contributed by atoms with E-state index in [-0.39, 0.29) is 17.5 Å². The third-order valence-corrected chi connectivity index (χ3v) is 2.57. The highest BCUT2D eigenvalue weighted by atomic mass is 79.9. The van der Waals surface area contributed by atoms with Crippen LogP contribution in [0.2, 0.25) is 0 Å². The van der Waals surface area contributed by atoms with E-state index in [0.29, 0.717) is 10.2 Å². The van der Waals surface area contributed by atoms with Gasteiger partial charge in [-0.15, -0.1) is 0 Å². The molecule has 0 unspecified atom stereocenters. The number of carboxylic acids is 2. The fourth-order valence-electron chi connectivity index (χ4n) is 1.26. The van der Waals surface area contributed by atoms with Crippen molar-refractivity contribution in [3.05, 3.63) is 27.7 Å². The Morgan fingerprint density at radius 1 is 1.38 bits per heavy atom. The van der Waals surface area contributed by atoms with Crippen LogP contribution in [0.25, 0.3) is 0 Å². The van der Waals surface area contributed by atoms with Crippen LogP contribution in [0.4, 0.5) is 0 Å². The van der Waals surface area contributed by atoms with Crippen molar-refractivity contribution >= 4 is 27.9 Å².